The van der Waals surface area contributed by atoms with Gasteiger partial charge in [-0.25, -0.2) is 4.79 Å². The van der Waals surface area contributed by atoms with Crippen LogP contribution in [0.1, 0.15) is 5.56 Å². The Morgan fingerprint density at radius 2 is 1.80 bits per heavy atom. The molecule has 0 amide bonds. The molecule has 0 atom stereocenters. The summed E-state index contributed by atoms with van der Waals surface area (Å²) in [5.41, 5.74) is 1.74. The van der Waals surface area contributed by atoms with Crippen LogP contribution in [0.4, 0.5) is 11.6 Å². The quantitative estimate of drug-likeness (QED) is 0.444. The summed E-state index contributed by atoms with van der Waals surface area (Å²) in [6.45, 7) is 1.42. The molecule has 0 radical (unpaired) electrons. The highest BCUT2D eigenvalue weighted by atomic mass is 79.9. The third-order valence-electron chi connectivity index (χ3n) is 5.43. The molecule has 30 heavy (non-hydrogen) atoms. The second-order valence-electron chi connectivity index (χ2n) is 7.19. The molecule has 0 saturated carbocycles. The molecule has 5 rings (SSSR count). The van der Waals surface area contributed by atoms with Crippen LogP contribution < -0.4 is 16.1 Å². The highest BCUT2D eigenvalue weighted by Gasteiger charge is 2.28. The lowest BCUT2D eigenvalue weighted by Gasteiger charge is -2.15. The molecule has 0 bridgehead atoms. The van der Waals surface area contributed by atoms with Crippen molar-refractivity contribution in [1.29, 1.82) is 0 Å². The molecule has 0 fully saturated rings. The standard InChI is InChI=1S/C21H17BrClN5O2/c1-25-18-17(19(29)28(21(25)30)12-13-4-2-3-5-16(13)23)27-11-10-26(20(27)24-18)15-8-6-14(22)7-9-15/h2-9H,10-12H2,1H3. The summed E-state index contributed by atoms with van der Waals surface area (Å²) in [4.78, 5) is 33.0. The van der Waals surface area contributed by atoms with Gasteiger partial charge in [-0.05, 0) is 35.9 Å². The lowest BCUT2D eigenvalue weighted by atomic mass is 10.2. The van der Waals surface area contributed by atoms with E-state index < -0.39 is 5.69 Å². The van der Waals surface area contributed by atoms with E-state index in [0.29, 0.717) is 35.2 Å². The minimum absolute atomic E-state index is 0.109. The second kappa shape index (κ2) is 7.14. The van der Waals surface area contributed by atoms with E-state index in [2.05, 4.69) is 25.8 Å². The summed E-state index contributed by atoms with van der Waals surface area (Å²) >= 11 is 9.71. The van der Waals surface area contributed by atoms with Crippen LogP contribution in [0.15, 0.2) is 62.6 Å². The van der Waals surface area contributed by atoms with Gasteiger partial charge in [0.05, 0.1) is 6.54 Å². The van der Waals surface area contributed by atoms with Crippen LogP contribution in [0.2, 0.25) is 5.02 Å². The van der Waals surface area contributed by atoms with E-state index in [1.54, 1.807) is 13.1 Å². The Bertz CT molecular complexity index is 1400. The smallest absolute Gasteiger partial charge is 0.310 e. The number of hydrogen-bond acceptors (Lipinski definition) is 4. The molecule has 2 aromatic carbocycles. The minimum Gasteiger partial charge on any atom is -0.310 e. The monoisotopic (exact) mass is 485 g/mol. The Balaban J connectivity index is 1.68. The number of anilines is 2. The summed E-state index contributed by atoms with van der Waals surface area (Å²) in [5, 5.41) is 0.520. The van der Waals surface area contributed by atoms with Crippen LogP contribution in [0.5, 0.6) is 0 Å². The Labute approximate surface area is 184 Å². The van der Waals surface area contributed by atoms with Crippen LogP contribution in [0, 0.1) is 0 Å². The first kappa shape index (κ1) is 19.1. The van der Waals surface area contributed by atoms with E-state index in [-0.39, 0.29) is 12.1 Å². The highest BCUT2D eigenvalue weighted by molar-refractivity contribution is 9.10. The van der Waals surface area contributed by atoms with Gasteiger partial charge >= 0.3 is 5.69 Å². The van der Waals surface area contributed by atoms with E-state index in [1.807, 2.05) is 47.0 Å². The summed E-state index contributed by atoms with van der Waals surface area (Å²) in [6, 6.07) is 15.1. The number of benzene rings is 2. The lowest BCUT2D eigenvalue weighted by Crippen LogP contribution is -2.40. The van der Waals surface area contributed by atoms with E-state index in [9.17, 15) is 9.59 Å². The summed E-state index contributed by atoms with van der Waals surface area (Å²) in [5.74, 6) is 0.662. The molecule has 9 heteroatoms. The van der Waals surface area contributed by atoms with Gasteiger partial charge in [0.1, 0.15) is 0 Å². The fraction of sp³-hybridized carbons (Fsp3) is 0.190. The maximum atomic E-state index is 13.3. The van der Waals surface area contributed by atoms with Crippen LogP contribution in [-0.4, -0.2) is 25.2 Å². The third-order valence-corrected chi connectivity index (χ3v) is 6.32. The molecule has 3 heterocycles. The molecule has 4 aromatic rings. The van der Waals surface area contributed by atoms with Gasteiger partial charge in [-0.1, -0.05) is 45.7 Å². The normalized spacial score (nSPS) is 13.2. The van der Waals surface area contributed by atoms with Crippen LogP contribution in [0.3, 0.4) is 0 Å². The molecule has 152 valence electrons. The fourth-order valence-electron chi connectivity index (χ4n) is 3.88. The maximum absolute atomic E-state index is 13.3. The highest BCUT2D eigenvalue weighted by Crippen LogP contribution is 2.32. The van der Waals surface area contributed by atoms with Gasteiger partial charge in [-0.2, -0.15) is 4.98 Å². The number of aryl methyl sites for hydroxylation is 1. The van der Waals surface area contributed by atoms with Crippen molar-refractivity contribution in [3.05, 3.63) is 84.4 Å². The SMILES string of the molecule is Cn1c(=O)n(Cc2ccccc2Cl)c(=O)c2c1nc1n2CCN1c1ccc(Br)cc1. The zero-order valence-electron chi connectivity index (χ0n) is 16.0. The number of fused-ring (bicyclic) bond motifs is 3. The third kappa shape index (κ3) is 2.90. The first-order valence-electron chi connectivity index (χ1n) is 9.42. The summed E-state index contributed by atoms with van der Waals surface area (Å²) < 4.78 is 5.53. The minimum atomic E-state index is -0.417. The molecule has 0 unspecified atom stereocenters. The van der Waals surface area contributed by atoms with Crippen molar-refractivity contribution in [2.45, 2.75) is 13.1 Å². The fourth-order valence-corrected chi connectivity index (χ4v) is 4.34. The number of halogens is 2. The van der Waals surface area contributed by atoms with E-state index in [4.69, 9.17) is 11.6 Å². The zero-order valence-corrected chi connectivity index (χ0v) is 18.4. The van der Waals surface area contributed by atoms with Gasteiger partial charge in [0.15, 0.2) is 11.2 Å². The first-order valence-corrected chi connectivity index (χ1v) is 10.6. The molecular weight excluding hydrogens is 470 g/mol. The second-order valence-corrected chi connectivity index (χ2v) is 8.51. The Hall–Kier alpha value is -2.84. The largest absolute Gasteiger partial charge is 0.332 e. The maximum Gasteiger partial charge on any atom is 0.332 e. The van der Waals surface area contributed by atoms with Gasteiger partial charge in [0.25, 0.3) is 5.56 Å². The van der Waals surface area contributed by atoms with Crippen molar-refractivity contribution < 1.29 is 0 Å². The predicted molar refractivity (Wildman–Crippen MR) is 121 cm³/mol. The molecule has 0 aliphatic carbocycles. The zero-order chi connectivity index (χ0) is 21.0. The Morgan fingerprint density at radius 1 is 1.07 bits per heavy atom. The van der Waals surface area contributed by atoms with Gasteiger partial charge in [-0.3, -0.25) is 13.9 Å². The lowest BCUT2D eigenvalue weighted by molar-refractivity contribution is 0.652. The van der Waals surface area contributed by atoms with Crippen molar-refractivity contribution in [1.82, 2.24) is 18.7 Å². The molecule has 1 aliphatic rings. The average Bonchev–Trinajstić information content (AvgIpc) is 3.31. The number of hydrogen-bond donors (Lipinski definition) is 0. The molecule has 1 aliphatic heterocycles. The Morgan fingerprint density at radius 3 is 2.53 bits per heavy atom. The van der Waals surface area contributed by atoms with Gasteiger partial charge in [-0.15, -0.1) is 0 Å². The van der Waals surface area contributed by atoms with Crippen molar-refractivity contribution in [3.8, 4) is 0 Å². The van der Waals surface area contributed by atoms with E-state index >= 15 is 0 Å². The molecule has 7 nitrogen and oxygen atoms in total. The average molecular weight is 487 g/mol. The number of rotatable bonds is 3. The first-order chi connectivity index (χ1) is 14.5. The number of nitrogens with zero attached hydrogens (tertiary/aromatic N) is 5. The van der Waals surface area contributed by atoms with E-state index in [1.165, 1.54) is 9.13 Å². The van der Waals surface area contributed by atoms with Gasteiger partial charge in [0, 0.05) is 35.3 Å². The van der Waals surface area contributed by atoms with Gasteiger partial charge in [0.2, 0.25) is 5.95 Å². The van der Waals surface area contributed by atoms with Gasteiger partial charge < -0.3 is 9.47 Å². The molecule has 0 spiro atoms. The van der Waals surface area contributed by atoms with Crippen molar-refractivity contribution in [2.75, 3.05) is 11.4 Å². The summed E-state index contributed by atoms with van der Waals surface area (Å²) in [6.07, 6.45) is 0. The molecule has 2 aromatic heterocycles. The topological polar surface area (TPSA) is 65.1 Å². The van der Waals surface area contributed by atoms with Crippen molar-refractivity contribution in [2.24, 2.45) is 7.05 Å². The summed E-state index contributed by atoms with van der Waals surface area (Å²) in [7, 11) is 1.64. The number of aromatic nitrogens is 4. The van der Waals surface area contributed by atoms with Crippen molar-refractivity contribution >= 4 is 50.3 Å². The number of imidazole rings is 1. The van der Waals surface area contributed by atoms with E-state index in [0.717, 1.165) is 15.7 Å². The van der Waals surface area contributed by atoms with Crippen LogP contribution in [-0.2, 0) is 20.1 Å². The van der Waals surface area contributed by atoms with Crippen LogP contribution >= 0.6 is 27.5 Å². The van der Waals surface area contributed by atoms with Crippen LogP contribution in [0.25, 0.3) is 11.2 Å². The molecule has 0 saturated heterocycles. The molecular formula is C21H17BrClN5O2. The predicted octanol–water partition coefficient (Wildman–Crippen LogP) is 3.51. The Kier molecular flexibility index (Phi) is 4.56. The molecule has 0 N–H and O–H groups in total. The van der Waals surface area contributed by atoms with Crippen molar-refractivity contribution in [3.63, 3.8) is 0 Å².